The zero-order chi connectivity index (χ0) is 23.6. The van der Waals surface area contributed by atoms with Gasteiger partial charge in [0.1, 0.15) is 24.0 Å². The van der Waals surface area contributed by atoms with E-state index < -0.39 is 5.91 Å². The van der Waals surface area contributed by atoms with E-state index in [1.165, 1.54) is 13.2 Å². The van der Waals surface area contributed by atoms with Gasteiger partial charge in [0.25, 0.3) is 5.91 Å². The number of carbonyl (C=O) groups excluding carboxylic acids is 1. The van der Waals surface area contributed by atoms with Crippen molar-refractivity contribution in [1.29, 1.82) is 5.26 Å². The number of hydrogen-bond donors (Lipinski definition) is 1. The summed E-state index contributed by atoms with van der Waals surface area (Å²) in [4.78, 5) is 12.7. The van der Waals surface area contributed by atoms with Gasteiger partial charge in [-0.25, -0.2) is 0 Å². The molecule has 0 aromatic heterocycles. The Hall–Kier alpha value is -3.76. The van der Waals surface area contributed by atoms with Crippen molar-refractivity contribution >= 4 is 33.6 Å². The monoisotopic (exact) mass is 506 g/mol. The molecule has 0 atom stereocenters. The van der Waals surface area contributed by atoms with E-state index in [4.69, 9.17) is 14.2 Å². The van der Waals surface area contributed by atoms with Crippen LogP contribution in [0.15, 0.2) is 76.8 Å². The van der Waals surface area contributed by atoms with Crippen LogP contribution in [-0.4, -0.2) is 19.6 Å². The maximum Gasteiger partial charge on any atom is 0.266 e. The summed E-state index contributed by atoms with van der Waals surface area (Å²) < 4.78 is 17.4. The highest BCUT2D eigenvalue weighted by Crippen LogP contribution is 2.37. The Morgan fingerprint density at radius 1 is 1.09 bits per heavy atom. The SMILES string of the molecule is CCOc1c(Br)cc(/C=C(\C#N)C(=O)Nc2ccc(OCc3ccccc3)cc2)cc1OC. The summed E-state index contributed by atoms with van der Waals surface area (Å²) in [6.07, 6.45) is 1.50. The minimum Gasteiger partial charge on any atom is -0.493 e. The van der Waals surface area contributed by atoms with Crippen LogP contribution in [0.1, 0.15) is 18.1 Å². The summed E-state index contributed by atoms with van der Waals surface area (Å²) in [5, 5.41) is 12.3. The third-order valence-electron chi connectivity index (χ3n) is 4.58. The third-order valence-corrected chi connectivity index (χ3v) is 5.17. The number of amides is 1. The fourth-order valence-electron chi connectivity index (χ4n) is 3.00. The lowest BCUT2D eigenvalue weighted by molar-refractivity contribution is -0.112. The van der Waals surface area contributed by atoms with Gasteiger partial charge in [0.15, 0.2) is 11.5 Å². The first-order valence-electron chi connectivity index (χ1n) is 10.2. The minimum atomic E-state index is -0.514. The number of methoxy groups -OCH3 is 1. The van der Waals surface area contributed by atoms with E-state index in [0.717, 1.165) is 5.56 Å². The van der Waals surface area contributed by atoms with E-state index in [-0.39, 0.29) is 5.57 Å². The van der Waals surface area contributed by atoms with Crippen molar-refractivity contribution in [2.75, 3.05) is 19.0 Å². The van der Waals surface area contributed by atoms with E-state index in [9.17, 15) is 10.1 Å². The molecule has 1 amide bonds. The summed E-state index contributed by atoms with van der Waals surface area (Å²) in [6.45, 7) is 2.81. The molecule has 0 saturated carbocycles. The van der Waals surface area contributed by atoms with Crippen LogP contribution in [0.5, 0.6) is 17.2 Å². The van der Waals surface area contributed by atoms with Crippen molar-refractivity contribution in [2.45, 2.75) is 13.5 Å². The molecular weight excluding hydrogens is 484 g/mol. The van der Waals surface area contributed by atoms with Gasteiger partial charge in [-0.05, 0) is 76.5 Å². The summed E-state index contributed by atoms with van der Waals surface area (Å²) >= 11 is 3.45. The number of halogens is 1. The van der Waals surface area contributed by atoms with E-state index in [2.05, 4.69) is 21.2 Å². The minimum absolute atomic E-state index is 0.0440. The molecule has 1 N–H and O–H groups in total. The summed E-state index contributed by atoms with van der Waals surface area (Å²) in [5.41, 5.74) is 2.20. The van der Waals surface area contributed by atoms with Crippen LogP contribution in [-0.2, 0) is 11.4 Å². The molecule has 0 unspecified atom stereocenters. The second-order valence-electron chi connectivity index (χ2n) is 6.89. The number of nitriles is 1. The average Bonchev–Trinajstić information content (AvgIpc) is 2.84. The lowest BCUT2D eigenvalue weighted by Gasteiger charge is -2.12. The number of benzene rings is 3. The van der Waals surface area contributed by atoms with E-state index in [1.54, 1.807) is 36.4 Å². The predicted octanol–water partition coefficient (Wildman–Crippen LogP) is 5.98. The number of rotatable bonds is 9. The lowest BCUT2D eigenvalue weighted by Crippen LogP contribution is -2.13. The third kappa shape index (κ3) is 6.61. The maximum atomic E-state index is 12.7. The highest BCUT2D eigenvalue weighted by molar-refractivity contribution is 9.10. The molecule has 0 fully saturated rings. The van der Waals surface area contributed by atoms with Crippen LogP contribution < -0.4 is 19.5 Å². The number of nitrogens with one attached hydrogen (secondary N) is 1. The van der Waals surface area contributed by atoms with Crippen LogP contribution >= 0.6 is 15.9 Å². The fraction of sp³-hybridized carbons (Fsp3) is 0.154. The summed E-state index contributed by atoms with van der Waals surface area (Å²) in [5.74, 6) is 1.23. The van der Waals surface area contributed by atoms with Crippen molar-refractivity contribution < 1.29 is 19.0 Å². The molecule has 0 bridgehead atoms. The first kappa shape index (κ1) is 23.9. The van der Waals surface area contributed by atoms with Gasteiger partial charge >= 0.3 is 0 Å². The standard InChI is InChI=1S/C26H23BrN2O4/c1-3-32-25-23(27)14-19(15-24(25)31-2)13-20(16-28)26(30)29-21-9-11-22(12-10-21)33-17-18-7-5-4-6-8-18/h4-15H,3,17H2,1-2H3,(H,29,30)/b20-13+. The molecule has 7 heteroatoms. The molecule has 33 heavy (non-hydrogen) atoms. The van der Waals surface area contributed by atoms with Gasteiger partial charge in [-0.2, -0.15) is 5.26 Å². The molecule has 0 aliphatic heterocycles. The molecule has 0 heterocycles. The molecule has 0 aliphatic rings. The summed E-state index contributed by atoms with van der Waals surface area (Å²) in [7, 11) is 1.53. The van der Waals surface area contributed by atoms with Gasteiger partial charge in [0.2, 0.25) is 0 Å². The van der Waals surface area contributed by atoms with Crippen molar-refractivity contribution in [1.82, 2.24) is 0 Å². The number of nitrogens with zero attached hydrogens (tertiary/aromatic N) is 1. The largest absolute Gasteiger partial charge is 0.493 e. The van der Waals surface area contributed by atoms with E-state index in [0.29, 0.717) is 46.2 Å². The van der Waals surface area contributed by atoms with Gasteiger partial charge in [-0.3, -0.25) is 4.79 Å². The molecular formula is C26H23BrN2O4. The Labute approximate surface area is 201 Å². The van der Waals surface area contributed by atoms with E-state index in [1.807, 2.05) is 43.3 Å². The van der Waals surface area contributed by atoms with Gasteiger partial charge in [0, 0.05) is 5.69 Å². The molecule has 6 nitrogen and oxygen atoms in total. The molecule has 168 valence electrons. The molecule has 0 radical (unpaired) electrons. The first-order valence-corrected chi connectivity index (χ1v) is 11.0. The Bertz CT molecular complexity index is 1170. The smallest absolute Gasteiger partial charge is 0.266 e. The average molecular weight is 507 g/mol. The normalized spacial score (nSPS) is 10.8. The quantitative estimate of drug-likeness (QED) is 0.285. The number of ether oxygens (including phenoxy) is 3. The molecule has 3 aromatic rings. The molecule has 0 spiro atoms. The van der Waals surface area contributed by atoms with Crippen LogP contribution in [0.3, 0.4) is 0 Å². The van der Waals surface area contributed by atoms with Gasteiger partial charge in [-0.1, -0.05) is 30.3 Å². The zero-order valence-corrected chi connectivity index (χ0v) is 19.9. The summed E-state index contributed by atoms with van der Waals surface area (Å²) in [6, 6.07) is 22.3. The highest BCUT2D eigenvalue weighted by atomic mass is 79.9. The molecule has 3 rings (SSSR count). The van der Waals surface area contributed by atoms with Crippen molar-refractivity contribution in [2.24, 2.45) is 0 Å². The Balaban J connectivity index is 1.69. The van der Waals surface area contributed by atoms with Gasteiger partial charge in [-0.15, -0.1) is 0 Å². The highest BCUT2D eigenvalue weighted by Gasteiger charge is 2.14. The Kier molecular flexibility index (Phi) is 8.50. The fourth-order valence-corrected chi connectivity index (χ4v) is 3.57. The van der Waals surface area contributed by atoms with Crippen molar-refractivity contribution in [3.63, 3.8) is 0 Å². The first-order chi connectivity index (χ1) is 16.0. The number of carbonyl (C=O) groups is 1. The molecule has 3 aromatic carbocycles. The topological polar surface area (TPSA) is 80.6 Å². The van der Waals surface area contributed by atoms with Crippen LogP contribution in [0, 0.1) is 11.3 Å². The second kappa shape index (κ2) is 11.7. The van der Waals surface area contributed by atoms with Crippen LogP contribution in [0.4, 0.5) is 5.69 Å². The maximum absolute atomic E-state index is 12.7. The Morgan fingerprint density at radius 3 is 2.45 bits per heavy atom. The van der Waals surface area contributed by atoms with E-state index >= 15 is 0 Å². The van der Waals surface area contributed by atoms with Crippen molar-refractivity contribution in [3.8, 4) is 23.3 Å². The molecule has 0 aliphatic carbocycles. The zero-order valence-electron chi connectivity index (χ0n) is 18.3. The van der Waals surface area contributed by atoms with Crippen LogP contribution in [0.2, 0.25) is 0 Å². The van der Waals surface area contributed by atoms with Gasteiger partial charge < -0.3 is 19.5 Å². The predicted molar refractivity (Wildman–Crippen MR) is 131 cm³/mol. The van der Waals surface area contributed by atoms with Crippen LogP contribution in [0.25, 0.3) is 6.08 Å². The molecule has 0 saturated heterocycles. The lowest BCUT2D eigenvalue weighted by atomic mass is 10.1. The Morgan fingerprint density at radius 2 is 1.82 bits per heavy atom. The number of hydrogen-bond acceptors (Lipinski definition) is 5. The second-order valence-corrected chi connectivity index (χ2v) is 7.74. The number of anilines is 1. The van der Waals surface area contributed by atoms with Gasteiger partial charge in [0.05, 0.1) is 18.2 Å². The van der Waals surface area contributed by atoms with Crippen molar-refractivity contribution in [3.05, 3.63) is 87.9 Å².